The van der Waals surface area contributed by atoms with E-state index in [1.54, 1.807) is 0 Å². The number of carbonyl (C=O) groups is 1. The SMILES string of the molecule is CCc1nc2ccccc2n1CC(=O)NC1CC1. The number of nitrogens with zero attached hydrogens (tertiary/aromatic N) is 2. The molecule has 1 N–H and O–H groups in total. The Morgan fingerprint density at radius 1 is 1.44 bits per heavy atom. The summed E-state index contributed by atoms with van der Waals surface area (Å²) in [4.78, 5) is 16.5. The maximum atomic E-state index is 11.9. The molecule has 3 rings (SSSR count). The van der Waals surface area contributed by atoms with Crippen LogP contribution in [-0.2, 0) is 17.8 Å². The van der Waals surface area contributed by atoms with E-state index in [9.17, 15) is 4.79 Å². The molecular weight excluding hydrogens is 226 g/mol. The van der Waals surface area contributed by atoms with Crippen LogP contribution in [0.4, 0.5) is 0 Å². The zero-order chi connectivity index (χ0) is 12.5. The summed E-state index contributed by atoms with van der Waals surface area (Å²) in [5.74, 6) is 1.07. The van der Waals surface area contributed by atoms with Crippen molar-refractivity contribution in [3.8, 4) is 0 Å². The van der Waals surface area contributed by atoms with E-state index in [0.717, 1.165) is 36.1 Å². The molecule has 2 aromatic rings. The Kier molecular flexibility index (Phi) is 2.78. The molecule has 18 heavy (non-hydrogen) atoms. The van der Waals surface area contributed by atoms with Crippen molar-refractivity contribution in [1.82, 2.24) is 14.9 Å². The van der Waals surface area contributed by atoms with Crippen molar-refractivity contribution in [3.63, 3.8) is 0 Å². The van der Waals surface area contributed by atoms with Crippen molar-refractivity contribution in [2.45, 2.75) is 38.8 Å². The highest BCUT2D eigenvalue weighted by Crippen LogP contribution is 2.19. The molecule has 0 atom stereocenters. The van der Waals surface area contributed by atoms with Gasteiger partial charge in [0.2, 0.25) is 5.91 Å². The lowest BCUT2D eigenvalue weighted by atomic mass is 10.3. The summed E-state index contributed by atoms with van der Waals surface area (Å²) in [6.45, 7) is 2.44. The predicted octanol–water partition coefficient (Wildman–Crippen LogP) is 1.88. The summed E-state index contributed by atoms with van der Waals surface area (Å²) in [5.41, 5.74) is 2.01. The monoisotopic (exact) mass is 243 g/mol. The van der Waals surface area contributed by atoms with E-state index >= 15 is 0 Å². The van der Waals surface area contributed by atoms with Crippen LogP contribution < -0.4 is 5.32 Å². The van der Waals surface area contributed by atoms with Crippen LogP contribution in [0.1, 0.15) is 25.6 Å². The van der Waals surface area contributed by atoms with Gasteiger partial charge < -0.3 is 9.88 Å². The van der Waals surface area contributed by atoms with Gasteiger partial charge in [0.25, 0.3) is 0 Å². The maximum absolute atomic E-state index is 11.9. The van der Waals surface area contributed by atoms with E-state index in [1.807, 2.05) is 28.8 Å². The predicted molar refractivity (Wildman–Crippen MR) is 70.3 cm³/mol. The summed E-state index contributed by atoms with van der Waals surface area (Å²) < 4.78 is 2.02. The molecule has 0 saturated heterocycles. The van der Waals surface area contributed by atoms with Gasteiger partial charge in [-0.2, -0.15) is 0 Å². The highest BCUT2D eigenvalue weighted by Gasteiger charge is 2.23. The van der Waals surface area contributed by atoms with Crippen LogP contribution in [0, 0.1) is 0 Å². The van der Waals surface area contributed by atoms with Crippen LogP contribution >= 0.6 is 0 Å². The van der Waals surface area contributed by atoms with Crippen molar-refractivity contribution < 1.29 is 4.79 Å². The fraction of sp³-hybridized carbons (Fsp3) is 0.429. The molecule has 0 unspecified atom stereocenters. The standard InChI is InChI=1S/C14H17N3O/c1-2-13-16-11-5-3-4-6-12(11)17(13)9-14(18)15-10-7-8-10/h3-6,10H,2,7-9H2,1H3,(H,15,18). The summed E-state index contributed by atoms with van der Waals surface area (Å²) in [6, 6.07) is 8.38. The van der Waals surface area contributed by atoms with Gasteiger partial charge >= 0.3 is 0 Å². The molecule has 94 valence electrons. The van der Waals surface area contributed by atoms with Gasteiger partial charge in [0.1, 0.15) is 12.4 Å². The number of para-hydroxylation sites is 2. The second-order valence-corrected chi connectivity index (χ2v) is 4.80. The molecule has 4 nitrogen and oxygen atoms in total. The number of rotatable bonds is 4. The number of benzene rings is 1. The molecule has 1 heterocycles. The highest BCUT2D eigenvalue weighted by molar-refractivity contribution is 5.81. The smallest absolute Gasteiger partial charge is 0.240 e. The minimum absolute atomic E-state index is 0.0929. The van der Waals surface area contributed by atoms with Crippen LogP contribution in [-0.4, -0.2) is 21.5 Å². The Labute approximate surface area is 106 Å². The molecule has 0 bridgehead atoms. The molecular formula is C14H17N3O. The van der Waals surface area contributed by atoms with Crippen LogP contribution in [0.5, 0.6) is 0 Å². The topological polar surface area (TPSA) is 46.9 Å². The van der Waals surface area contributed by atoms with Gasteiger partial charge in [-0.15, -0.1) is 0 Å². The fourth-order valence-electron chi connectivity index (χ4n) is 2.22. The molecule has 4 heteroatoms. The number of aryl methyl sites for hydroxylation is 1. The minimum Gasteiger partial charge on any atom is -0.352 e. The number of aromatic nitrogens is 2. The van der Waals surface area contributed by atoms with Gasteiger partial charge in [0.05, 0.1) is 11.0 Å². The number of carbonyl (C=O) groups excluding carboxylic acids is 1. The summed E-state index contributed by atoms with van der Waals surface area (Å²) >= 11 is 0. The molecule has 0 spiro atoms. The molecule has 1 aromatic carbocycles. The lowest BCUT2D eigenvalue weighted by Crippen LogP contribution is -2.29. The second kappa shape index (κ2) is 4.44. The van der Waals surface area contributed by atoms with Crippen LogP contribution in [0.3, 0.4) is 0 Å². The van der Waals surface area contributed by atoms with E-state index < -0.39 is 0 Å². The van der Waals surface area contributed by atoms with Gasteiger partial charge in [-0.05, 0) is 25.0 Å². The summed E-state index contributed by atoms with van der Waals surface area (Å²) in [6.07, 6.45) is 3.08. The largest absolute Gasteiger partial charge is 0.352 e. The first kappa shape index (κ1) is 11.3. The second-order valence-electron chi connectivity index (χ2n) is 4.80. The quantitative estimate of drug-likeness (QED) is 0.891. The number of nitrogens with one attached hydrogen (secondary N) is 1. The summed E-state index contributed by atoms with van der Waals surface area (Å²) in [5, 5.41) is 3.02. The Balaban J connectivity index is 1.90. The third-order valence-electron chi connectivity index (χ3n) is 3.29. The number of amides is 1. The summed E-state index contributed by atoms with van der Waals surface area (Å²) in [7, 11) is 0. The number of hydrogen-bond acceptors (Lipinski definition) is 2. The van der Waals surface area contributed by atoms with E-state index in [4.69, 9.17) is 0 Å². The molecule has 1 aliphatic carbocycles. The third kappa shape index (κ3) is 2.10. The van der Waals surface area contributed by atoms with Crippen molar-refractivity contribution >= 4 is 16.9 Å². The fourth-order valence-corrected chi connectivity index (χ4v) is 2.22. The average Bonchev–Trinajstić information content (AvgIpc) is 3.11. The first-order valence-corrected chi connectivity index (χ1v) is 6.51. The first-order chi connectivity index (χ1) is 8.78. The third-order valence-corrected chi connectivity index (χ3v) is 3.29. The molecule has 1 amide bonds. The lowest BCUT2D eigenvalue weighted by molar-refractivity contribution is -0.121. The zero-order valence-electron chi connectivity index (χ0n) is 10.5. The van der Waals surface area contributed by atoms with E-state index in [2.05, 4.69) is 17.2 Å². The Morgan fingerprint density at radius 2 is 2.22 bits per heavy atom. The van der Waals surface area contributed by atoms with Gasteiger partial charge in [-0.3, -0.25) is 4.79 Å². The van der Waals surface area contributed by atoms with Crippen molar-refractivity contribution in [2.24, 2.45) is 0 Å². The van der Waals surface area contributed by atoms with Gasteiger partial charge in [0, 0.05) is 12.5 Å². The van der Waals surface area contributed by atoms with Crippen molar-refractivity contribution in [1.29, 1.82) is 0 Å². The Bertz CT molecular complexity index is 584. The molecule has 0 radical (unpaired) electrons. The zero-order valence-corrected chi connectivity index (χ0v) is 10.5. The van der Waals surface area contributed by atoms with Gasteiger partial charge in [0.15, 0.2) is 0 Å². The first-order valence-electron chi connectivity index (χ1n) is 6.51. The number of fused-ring (bicyclic) bond motifs is 1. The molecule has 1 aliphatic rings. The highest BCUT2D eigenvalue weighted by atomic mass is 16.2. The average molecular weight is 243 g/mol. The Hall–Kier alpha value is -1.84. The molecule has 1 fully saturated rings. The Morgan fingerprint density at radius 3 is 2.94 bits per heavy atom. The van der Waals surface area contributed by atoms with Crippen LogP contribution in [0.15, 0.2) is 24.3 Å². The lowest BCUT2D eigenvalue weighted by Gasteiger charge is -2.08. The number of hydrogen-bond donors (Lipinski definition) is 1. The maximum Gasteiger partial charge on any atom is 0.240 e. The minimum atomic E-state index is 0.0929. The van der Waals surface area contributed by atoms with Gasteiger partial charge in [-0.25, -0.2) is 4.98 Å². The van der Waals surface area contributed by atoms with E-state index in [1.165, 1.54) is 0 Å². The normalized spacial score (nSPS) is 14.9. The van der Waals surface area contributed by atoms with Crippen LogP contribution in [0.25, 0.3) is 11.0 Å². The molecule has 1 saturated carbocycles. The van der Waals surface area contributed by atoms with Crippen LogP contribution in [0.2, 0.25) is 0 Å². The number of imidazole rings is 1. The molecule has 1 aromatic heterocycles. The van der Waals surface area contributed by atoms with Crippen molar-refractivity contribution in [2.75, 3.05) is 0 Å². The molecule has 0 aliphatic heterocycles. The van der Waals surface area contributed by atoms with E-state index in [0.29, 0.717) is 12.6 Å². The van der Waals surface area contributed by atoms with E-state index in [-0.39, 0.29) is 5.91 Å². The van der Waals surface area contributed by atoms with Crippen molar-refractivity contribution in [3.05, 3.63) is 30.1 Å². The van der Waals surface area contributed by atoms with Gasteiger partial charge in [-0.1, -0.05) is 19.1 Å².